The normalized spacial score (nSPS) is 12.9. The van der Waals surface area contributed by atoms with Gasteiger partial charge in [0.1, 0.15) is 0 Å². The van der Waals surface area contributed by atoms with Crippen LogP contribution in [-0.2, 0) is 4.79 Å². The first kappa shape index (κ1) is 18.1. The first-order chi connectivity index (χ1) is 9.73. The average Bonchev–Trinajstić information content (AvgIpc) is 2.37. The lowest BCUT2D eigenvalue weighted by molar-refractivity contribution is -0.274. The molecule has 0 heterocycles. The fourth-order valence-corrected chi connectivity index (χ4v) is 2.24. The Morgan fingerprint density at radius 2 is 2.19 bits per heavy atom. The van der Waals surface area contributed by atoms with Crippen LogP contribution >= 0.6 is 27.7 Å². The summed E-state index contributed by atoms with van der Waals surface area (Å²) in [5, 5.41) is 2.35. The number of carbonyl (C=O) groups is 1. The van der Waals surface area contributed by atoms with Gasteiger partial charge in [0, 0.05) is 4.47 Å². The van der Waals surface area contributed by atoms with Gasteiger partial charge in [0.05, 0.1) is 11.7 Å². The molecule has 0 unspecified atom stereocenters. The van der Waals surface area contributed by atoms with E-state index in [-0.39, 0.29) is 5.69 Å². The molecule has 1 aromatic rings. The number of anilines is 1. The third-order valence-electron chi connectivity index (χ3n) is 2.40. The molecule has 0 aliphatic heterocycles. The Morgan fingerprint density at radius 1 is 1.52 bits per heavy atom. The molecule has 0 bridgehead atoms. The van der Waals surface area contributed by atoms with Crippen LogP contribution < -0.4 is 15.8 Å². The molecule has 0 saturated carbocycles. The van der Waals surface area contributed by atoms with Crippen molar-refractivity contribution in [3.05, 3.63) is 22.7 Å². The summed E-state index contributed by atoms with van der Waals surface area (Å²) in [5.41, 5.74) is 5.58. The number of rotatable bonds is 6. The van der Waals surface area contributed by atoms with Gasteiger partial charge in [0.15, 0.2) is 5.75 Å². The Bertz CT molecular complexity index is 500. The molecule has 4 nitrogen and oxygen atoms in total. The largest absolute Gasteiger partial charge is 0.573 e. The smallest absolute Gasteiger partial charge is 0.404 e. The summed E-state index contributed by atoms with van der Waals surface area (Å²) in [4.78, 5) is 11.8. The van der Waals surface area contributed by atoms with Gasteiger partial charge in [-0.3, -0.25) is 4.79 Å². The number of nitrogens with two attached hydrogens (primary N) is 1. The molecule has 0 spiro atoms. The second kappa shape index (κ2) is 7.90. The Morgan fingerprint density at radius 3 is 2.76 bits per heavy atom. The molecule has 0 fully saturated rings. The van der Waals surface area contributed by atoms with Crippen LogP contribution in [0.5, 0.6) is 5.75 Å². The Labute approximate surface area is 132 Å². The standard InChI is InChI=1S/C12H14BrF3N2O2S/c1-21-5-4-8(17)11(19)18-9-3-2-7(13)6-10(9)20-12(14,15)16/h2-3,6,8H,4-5,17H2,1H3,(H,18,19)/t8-/m0/s1. The molecule has 1 rings (SSSR count). The molecule has 0 radical (unpaired) electrons. The van der Waals surface area contributed by atoms with E-state index in [1.807, 2.05) is 6.26 Å². The van der Waals surface area contributed by atoms with Crippen molar-refractivity contribution in [2.75, 3.05) is 17.3 Å². The van der Waals surface area contributed by atoms with Crippen molar-refractivity contribution in [2.45, 2.75) is 18.8 Å². The van der Waals surface area contributed by atoms with Gasteiger partial charge >= 0.3 is 6.36 Å². The average molecular weight is 387 g/mol. The van der Waals surface area contributed by atoms with Gasteiger partial charge < -0.3 is 15.8 Å². The molecule has 0 aliphatic rings. The molecular formula is C12H14BrF3N2O2S. The molecule has 118 valence electrons. The second-order valence-corrected chi connectivity index (χ2v) is 5.97. The summed E-state index contributed by atoms with van der Waals surface area (Å²) in [6, 6.07) is 3.13. The Kier molecular flexibility index (Phi) is 6.82. The fourth-order valence-electron chi connectivity index (χ4n) is 1.41. The van der Waals surface area contributed by atoms with E-state index in [1.54, 1.807) is 0 Å². The number of thioether (sulfide) groups is 1. The highest BCUT2D eigenvalue weighted by Gasteiger charge is 2.32. The molecule has 21 heavy (non-hydrogen) atoms. The maximum Gasteiger partial charge on any atom is 0.573 e. The number of hydrogen-bond donors (Lipinski definition) is 2. The van der Waals surface area contributed by atoms with Gasteiger partial charge in [0.25, 0.3) is 0 Å². The highest BCUT2D eigenvalue weighted by Crippen LogP contribution is 2.33. The first-order valence-corrected chi connectivity index (χ1v) is 8.02. The highest BCUT2D eigenvalue weighted by atomic mass is 79.9. The van der Waals surface area contributed by atoms with Gasteiger partial charge in [0.2, 0.25) is 5.91 Å². The highest BCUT2D eigenvalue weighted by molar-refractivity contribution is 9.10. The Balaban J connectivity index is 2.85. The van der Waals surface area contributed by atoms with Gasteiger partial charge in [-0.2, -0.15) is 11.8 Å². The molecule has 0 aliphatic carbocycles. The maximum atomic E-state index is 12.3. The van der Waals surface area contributed by atoms with Gasteiger partial charge in [-0.1, -0.05) is 15.9 Å². The number of nitrogens with one attached hydrogen (secondary N) is 1. The van der Waals surface area contributed by atoms with Crippen LogP contribution in [0.1, 0.15) is 6.42 Å². The van der Waals surface area contributed by atoms with Crippen LogP contribution in [0, 0.1) is 0 Å². The monoisotopic (exact) mass is 386 g/mol. The number of amides is 1. The summed E-state index contributed by atoms with van der Waals surface area (Å²) in [7, 11) is 0. The number of alkyl halides is 3. The van der Waals surface area contributed by atoms with Crippen molar-refractivity contribution in [3.63, 3.8) is 0 Å². The van der Waals surface area contributed by atoms with Crippen molar-refractivity contribution in [1.82, 2.24) is 0 Å². The quantitative estimate of drug-likeness (QED) is 0.786. The van der Waals surface area contributed by atoms with Crippen LogP contribution in [0.4, 0.5) is 18.9 Å². The molecular weight excluding hydrogens is 373 g/mol. The molecule has 1 atom stereocenters. The predicted molar refractivity (Wildman–Crippen MR) is 80.4 cm³/mol. The van der Waals surface area contributed by atoms with E-state index in [9.17, 15) is 18.0 Å². The Hall–Kier alpha value is -0.930. The number of halogens is 4. The van der Waals surface area contributed by atoms with E-state index in [4.69, 9.17) is 5.73 Å². The van der Waals surface area contributed by atoms with Gasteiger partial charge in [-0.15, -0.1) is 13.2 Å². The van der Waals surface area contributed by atoms with Crippen LogP contribution in [0.3, 0.4) is 0 Å². The lowest BCUT2D eigenvalue weighted by atomic mass is 10.2. The molecule has 1 amide bonds. The minimum atomic E-state index is -4.85. The van der Waals surface area contributed by atoms with E-state index in [1.165, 1.54) is 23.9 Å². The molecule has 1 aromatic carbocycles. The van der Waals surface area contributed by atoms with E-state index >= 15 is 0 Å². The summed E-state index contributed by atoms with van der Waals surface area (Å²) in [6.07, 6.45) is -2.55. The number of benzene rings is 1. The third kappa shape index (κ3) is 6.58. The lowest BCUT2D eigenvalue weighted by Crippen LogP contribution is -2.36. The summed E-state index contributed by atoms with van der Waals surface area (Å²) in [5.74, 6) is -0.374. The first-order valence-electron chi connectivity index (χ1n) is 5.83. The van der Waals surface area contributed by atoms with Crippen LogP contribution in [0.2, 0.25) is 0 Å². The van der Waals surface area contributed by atoms with Crippen LogP contribution in [-0.4, -0.2) is 30.3 Å². The zero-order chi connectivity index (χ0) is 16.0. The third-order valence-corrected chi connectivity index (χ3v) is 3.53. The molecule has 9 heteroatoms. The zero-order valence-corrected chi connectivity index (χ0v) is 13.4. The van der Waals surface area contributed by atoms with Crippen molar-refractivity contribution in [3.8, 4) is 5.75 Å². The number of carbonyl (C=O) groups excluding carboxylic acids is 1. The van der Waals surface area contributed by atoms with Crippen molar-refractivity contribution in [1.29, 1.82) is 0 Å². The minimum absolute atomic E-state index is 0.0832. The summed E-state index contributed by atoms with van der Waals surface area (Å²) < 4.78 is 41.3. The van der Waals surface area contributed by atoms with Crippen molar-refractivity contribution >= 4 is 39.3 Å². The van der Waals surface area contributed by atoms with E-state index < -0.39 is 24.1 Å². The van der Waals surface area contributed by atoms with Crippen molar-refractivity contribution < 1.29 is 22.7 Å². The summed E-state index contributed by atoms with van der Waals surface area (Å²) in [6.45, 7) is 0. The zero-order valence-electron chi connectivity index (χ0n) is 11.0. The van der Waals surface area contributed by atoms with E-state index in [0.717, 1.165) is 6.07 Å². The SMILES string of the molecule is CSCC[C@H](N)C(=O)Nc1ccc(Br)cc1OC(F)(F)F. The van der Waals surface area contributed by atoms with Gasteiger partial charge in [-0.05, 0) is 36.6 Å². The molecule has 0 aromatic heterocycles. The predicted octanol–water partition coefficient (Wildman–Crippen LogP) is 3.37. The lowest BCUT2D eigenvalue weighted by Gasteiger charge is -2.16. The van der Waals surface area contributed by atoms with Crippen LogP contribution in [0.25, 0.3) is 0 Å². The topological polar surface area (TPSA) is 64.4 Å². The minimum Gasteiger partial charge on any atom is -0.404 e. The fraction of sp³-hybridized carbons (Fsp3) is 0.417. The molecule has 0 saturated heterocycles. The van der Waals surface area contributed by atoms with Crippen molar-refractivity contribution in [2.24, 2.45) is 5.73 Å². The maximum absolute atomic E-state index is 12.3. The van der Waals surface area contributed by atoms with Crippen LogP contribution in [0.15, 0.2) is 22.7 Å². The second-order valence-electron chi connectivity index (χ2n) is 4.07. The summed E-state index contributed by atoms with van der Waals surface area (Å²) >= 11 is 4.57. The van der Waals surface area contributed by atoms with E-state index in [0.29, 0.717) is 16.6 Å². The number of hydrogen-bond acceptors (Lipinski definition) is 4. The van der Waals surface area contributed by atoms with Gasteiger partial charge in [-0.25, -0.2) is 0 Å². The van der Waals surface area contributed by atoms with E-state index in [2.05, 4.69) is 26.0 Å². The molecule has 3 N–H and O–H groups in total. The number of ether oxygens (including phenoxy) is 1.